The molecule has 2 aromatic heterocycles. The second-order valence-electron chi connectivity index (χ2n) is 3.70. The molecule has 0 saturated heterocycles. The molecule has 2 rings (SSSR count). The van der Waals surface area contributed by atoms with E-state index in [9.17, 15) is 0 Å². The van der Waals surface area contributed by atoms with Crippen LogP contribution in [-0.2, 0) is 6.42 Å². The van der Waals surface area contributed by atoms with E-state index in [1.165, 1.54) is 0 Å². The lowest BCUT2D eigenvalue weighted by molar-refractivity contribution is 0.387. The molecular weight excluding hydrogens is 234 g/mol. The van der Waals surface area contributed by atoms with Crippen LogP contribution in [0.3, 0.4) is 0 Å². The molecule has 0 spiro atoms. The zero-order valence-corrected chi connectivity index (χ0v) is 10.3. The molecule has 0 saturated carbocycles. The van der Waals surface area contributed by atoms with Crippen LogP contribution in [0.2, 0.25) is 0 Å². The monoisotopic (exact) mass is 249 g/mol. The van der Waals surface area contributed by atoms with Crippen LogP contribution in [0.5, 0.6) is 5.88 Å². The van der Waals surface area contributed by atoms with Crippen LogP contribution >= 0.6 is 0 Å². The first-order valence-electron chi connectivity index (χ1n) is 5.52. The third-order valence-corrected chi connectivity index (χ3v) is 2.32. The number of methoxy groups -OCH3 is 1. The van der Waals surface area contributed by atoms with Gasteiger partial charge in [-0.25, -0.2) is 0 Å². The van der Waals surface area contributed by atoms with Crippen LogP contribution in [0, 0.1) is 6.92 Å². The number of aromatic nitrogens is 3. The van der Waals surface area contributed by atoms with Gasteiger partial charge < -0.3 is 20.3 Å². The second-order valence-corrected chi connectivity index (χ2v) is 3.70. The van der Waals surface area contributed by atoms with Gasteiger partial charge in [-0.1, -0.05) is 5.16 Å². The molecule has 0 fully saturated rings. The van der Waals surface area contributed by atoms with Gasteiger partial charge in [0.2, 0.25) is 11.8 Å². The normalized spacial score (nSPS) is 10.3. The molecule has 0 aliphatic heterocycles. The van der Waals surface area contributed by atoms with E-state index in [1.54, 1.807) is 26.2 Å². The van der Waals surface area contributed by atoms with Gasteiger partial charge in [-0.2, -0.15) is 9.97 Å². The molecule has 2 aromatic rings. The highest BCUT2D eigenvalue weighted by molar-refractivity contribution is 5.61. The number of anilines is 2. The van der Waals surface area contributed by atoms with Crippen molar-refractivity contribution >= 4 is 11.5 Å². The molecule has 3 N–H and O–H groups in total. The van der Waals surface area contributed by atoms with E-state index in [2.05, 4.69) is 20.4 Å². The van der Waals surface area contributed by atoms with Crippen LogP contribution < -0.4 is 15.8 Å². The third-order valence-electron chi connectivity index (χ3n) is 2.32. The first-order chi connectivity index (χ1) is 8.69. The number of hydrogen-bond acceptors (Lipinski definition) is 7. The Morgan fingerprint density at radius 1 is 1.39 bits per heavy atom. The average Bonchev–Trinajstić information content (AvgIpc) is 2.77. The van der Waals surface area contributed by atoms with Crippen molar-refractivity contribution in [2.45, 2.75) is 13.3 Å². The highest BCUT2D eigenvalue weighted by atomic mass is 16.5. The first kappa shape index (κ1) is 12.2. The maximum Gasteiger partial charge on any atom is 0.223 e. The van der Waals surface area contributed by atoms with Crippen LogP contribution in [0.25, 0.3) is 0 Å². The first-order valence-corrected chi connectivity index (χ1v) is 5.52. The van der Waals surface area contributed by atoms with E-state index in [4.69, 9.17) is 15.0 Å². The molecule has 0 aliphatic carbocycles. The number of nitrogens with one attached hydrogen (secondary N) is 1. The van der Waals surface area contributed by atoms with Crippen molar-refractivity contribution in [2.24, 2.45) is 0 Å². The van der Waals surface area contributed by atoms with Crippen molar-refractivity contribution in [2.75, 3.05) is 24.7 Å². The Morgan fingerprint density at radius 2 is 2.22 bits per heavy atom. The van der Waals surface area contributed by atoms with Gasteiger partial charge in [0.15, 0.2) is 11.6 Å². The van der Waals surface area contributed by atoms with Gasteiger partial charge >= 0.3 is 0 Å². The van der Waals surface area contributed by atoms with Crippen molar-refractivity contribution in [1.29, 1.82) is 0 Å². The molecule has 0 bridgehead atoms. The fourth-order valence-electron chi connectivity index (χ4n) is 1.44. The van der Waals surface area contributed by atoms with E-state index in [1.807, 2.05) is 0 Å². The lowest BCUT2D eigenvalue weighted by Crippen LogP contribution is -2.09. The molecule has 7 nitrogen and oxygen atoms in total. The lowest BCUT2D eigenvalue weighted by Gasteiger charge is -2.08. The van der Waals surface area contributed by atoms with E-state index in [0.29, 0.717) is 42.1 Å². The maximum absolute atomic E-state index is 5.80. The summed E-state index contributed by atoms with van der Waals surface area (Å²) in [4.78, 5) is 8.31. The number of ether oxygens (including phenoxy) is 1. The van der Waals surface area contributed by atoms with Crippen LogP contribution in [0.15, 0.2) is 16.7 Å². The number of nitrogens with zero attached hydrogens (tertiary/aromatic N) is 3. The SMILES string of the molecule is COc1ccc(N)c(NCCc2noc(C)n2)n1. The number of nitrogen functional groups attached to an aromatic ring is 1. The second kappa shape index (κ2) is 5.35. The lowest BCUT2D eigenvalue weighted by atomic mass is 10.3. The highest BCUT2D eigenvalue weighted by Crippen LogP contribution is 2.19. The Bertz CT molecular complexity index is 526. The van der Waals surface area contributed by atoms with Crippen LogP contribution in [-0.4, -0.2) is 28.8 Å². The quantitative estimate of drug-likeness (QED) is 0.816. The van der Waals surface area contributed by atoms with Crippen LogP contribution in [0.1, 0.15) is 11.7 Å². The summed E-state index contributed by atoms with van der Waals surface area (Å²) >= 11 is 0. The van der Waals surface area contributed by atoms with Gasteiger partial charge in [0.25, 0.3) is 0 Å². The summed E-state index contributed by atoms with van der Waals surface area (Å²) < 4.78 is 9.91. The Balaban J connectivity index is 1.93. The molecule has 0 atom stereocenters. The Morgan fingerprint density at radius 3 is 2.89 bits per heavy atom. The molecule has 96 valence electrons. The summed E-state index contributed by atoms with van der Waals surface area (Å²) in [5.41, 5.74) is 6.37. The molecular formula is C11H15N5O2. The molecule has 0 unspecified atom stereocenters. The van der Waals surface area contributed by atoms with E-state index >= 15 is 0 Å². The predicted molar refractivity (Wildman–Crippen MR) is 66.4 cm³/mol. The standard InChI is InChI=1S/C11H15N5O2/c1-7-14-9(16-18-7)5-6-13-11-8(12)3-4-10(15-11)17-2/h3-4H,5-6,12H2,1-2H3,(H,13,15). The summed E-state index contributed by atoms with van der Waals surface area (Å²) in [6.07, 6.45) is 0.635. The van der Waals surface area contributed by atoms with Gasteiger partial charge in [0, 0.05) is 26.0 Å². The van der Waals surface area contributed by atoms with E-state index in [0.717, 1.165) is 0 Å². The molecule has 0 amide bonds. The van der Waals surface area contributed by atoms with Crippen LogP contribution in [0.4, 0.5) is 11.5 Å². The largest absolute Gasteiger partial charge is 0.481 e. The van der Waals surface area contributed by atoms with Crippen molar-refractivity contribution < 1.29 is 9.26 Å². The van der Waals surface area contributed by atoms with Gasteiger partial charge in [-0.05, 0) is 6.07 Å². The minimum atomic E-state index is 0.516. The van der Waals surface area contributed by atoms with E-state index in [-0.39, 0.29) is 0 Å². The zero-order valence-electron chi connectivity index (χ0n) is 10.3. The number of aryl methyl sites for hydroxylation is 1. The number of rotatable bonds is 5. The van der Waals surface area contributed by atoms with Crippen molar-refractivity contribution in [3.8, 4) is 5.88 Å². The summed E-state index contributed by atoms with van der Waals surface area (Å²) in [6.45, 7) is 2.37. The predicted octanol–water partition coefficient (Wildman–Crippen LogP) is 1.02. The summed E-state index contributed by atoms with van der Waals surface area (Å²) in [6, 6.07) is 3.45. The Hall–Kier alpha value is -2.31. The van der Waals surface area contributed by atoms with Crippen molar-refractivity contribution in [3.05, 3.63) is 23.8 Å². The minimum Gasteiger partial charge on any atom is -0.481 e. The number of pyridine rings is 1. The summed E-state index contributed by atoms with van der Waals surface area (Å²) in [5, 5.41) is 6.91. The third kappa shape index (κ3) is 2.88. The molecule has 18 heavy (non-hydrogen) atoms. The smallest absolute Gasteiger partial charge is 0.223 e. The Kier molecular flexibility index (Phi) is 3.61. The summed E-state index contributed by atoms with van der Waals surface area (Å²) in [7, 11) is 1.56. The fraction of sp³-hybridized carbons (Fsp3) is 0.364. The minimum absolute atomic E-state index is 0.516. The average molecular weight is 249 g/mol. The fourth-order valence-corrected chi connectivity index (χ4v) is 1.44. The Labute approximate surface area is 104 Å². The van der Waals surface area contributed by atoms with Gasteiger partial charge in [0.1, 0.15) is 0 Å². The van der Waals surface area contributed by atoms with E-state index < -0.39 is 0 Å². The van der Waals surface area contributed by atoms with Crippen molar-refractivity contribution in [3.63, 3.8) is 0 Å². The number of hydrogen-bond donors (Lipinski definition) is 2. The number of nitrogens with two attached hydrogens (primary N) is 1. The van der Waals surface area contributed by atoms with Gasteiger partial charge in [-0.3, -0.25) is 0 Å². The molecule has 0 radical (unpaired) electrons. The molecule has 0 aromatic carbocycles. The van der Waals surface area contributed by atoms with Crippen molar-refractivity contribution in [1.82, 2.24) is 15.1 Å². The summed E-state index contributed by atoms with van der Waals surface area (Å²) in [5.74, 6) is 2.32. The molecule has 2 heterocycles. The van der Waals surface area contributed by atoms with Gasteiger partial charge in [0.05, 0.1) is 12.8 Å². The van der Waals surface area contributed by atoms with Gasteiger partial charge in [-0.15, -0.1) is 0 Å². The zero-order chi connectivity index (χ0) is 13.0. The maximum atomic E-state index is 5.80. The highest BCUT2D eigenvalue weighted by Gasteiger charge is 2.05. The topological polar surface area (TPSA) is 99.1 Å². The molecule has 0 aliphatic rings. The molecule has 7 heteroatoms.